The standard InChI is InChI=1S/C16H20N4/c1-13-12-17-16(20-10-8-19(2)9-11-20)18-15(13)14-6-4-3-5-7-14/h3-7,12H,8-11H2,1-2H3. The van der Waals surface area contributed by atoms with E-state index in [0.717, 1.165) is 48.9 Å². The quantitative estimate of drug-likeness (QED) is 0.836. The molecule has 1 fully saturated rings. The molecule has 4 heteroatoms. The molecule has 0 radical (unpaired) electrons. The van der Waals surface area contributed by atoms with Crippen molar-refractivity contribution < 1.29 is 0 Å². The fourth-order valence-corrected chi connectivity index (χ4v) is 2.48. The van der Waals surface area contributed by atoms with Crippen molar-refractivity contribution in [2.75, 3.05) is 38.1 Å². The second-order valence-electron chi connectivity index (χ2n) is 5.36. The number of nitrogens with zero attached hydrogens (tertiary/aromatic N) is 4. The third-order valence-corrected chi connectivity index (χ3v) is 3.79. The Morgan fingerprint density at radius 3 is 2.40 bits per heavy atom. The van der Waals surface area contributed by atoms with E-state index in [-0.39, 0.29) is 0 Å². The van der Waals surface area contributed by atoms with Gasteiger partial charge in [-0.25, -0.2) is 9.97 Å². The van der Waals surface area contributed by atoms with E-state index in [1.54, 1.807) is 0 Å². The van der Waals surface area contributed by atoms with Crippen molar-refractivity contribution in [3.05, 3.63) is 42.1 Å². The van der Waals surface area contributed by atoms with Crippen molar-refractivity contribution in [1.82, 2.24) is 14.9 Å². The molecule has 1 saturated heterocycles. The van der Waals surface area contributed by atoms with Crippen LogP contribution in [-0.2, 0) is 0 Å². The van der Waals surface area contributed by atoms with Gasteiger partial charge >= 0.3 is 0 Å². The summed E-state index contributed by atoms with van der Waals surface area (Å²) in [6.07, 6.45) is 1.93. The zero-order valence-electron chi connectivity index (χ0n) is 12.1. The molecule has 1 aromatic heterocycles. The molecule has 0 amide bonds. The van der Waals surface area contributed by atoms with Gasteiger partial charge < -0.3 is 9.80 Å². The highest BCUT2D eigenvalue weighted by Gasteiger charge is 2.17. The Morgan fingerprint density at radius 1 is 1.00 bits per heavy atom. The molecule has 0 N–H and O–H groups in total. The summed E-state index contributed by atoms with van der Waals surface area (Å²) in [4.78, 5) is 13.9. The number of hydrogen-bond acceptors (Lipinski definition) is 4. The zero-order valence-corrected chi connectivity index (χ0v) is 12.1. The molecular formula is C16H20N4. The number of anilines is 1. The van der Waals surface area contributed by atoms with Gasteiger partial charge in [0.25, 0.3) is 0 Å². The van der Waals surface area contributed by atoms with Crippen LogP contribution in [0.4, 0.5) is 5.95 Å². The van der Waals surface area contributed by atoms with E-state index in [1.165, 1.54) is 0 Å². The first-order valence-corrected chi connectivity index (χ1v) is 7.06. The molecule has 0 spiro atoms. The van der Waals surface area contributed by atoms with Gasteiger partial charge in [0.15, 0.2) is 0 Å². The molecule has 3 rings (SSSR count). The van der Waals surface area contributed by atoms with E-state index >= 15 is 0 Å². The maximum atomic E-state index is 4.79. The SMILES string of the molecule is Cc1cnc(N2CCN(C)CC2)nc1-c1ccccc1. The van der Waals surface area contributed by atoms with Crippen LogP contribution in [-0.4, -0.2) is 48.1 Å². The maximum Gasteiger partial charge on any atom is 0.225 e. The predicted octanol–water partition coefficient (Wildman–Crippen LogP) is 2.20. The van der Waals surface area contributed by atoms with E-state index in [1.807, 2.05) is 24.4 Å². The van der Waals surface area contributed by atoms with Gasteiger partial charge in [0, 0.05) is 37.9 Å². The summed E-state index contributed by atoms with van der Waals surface area (Å²) in [7, 11) is 2.16. The van der Waals surface area contributed by atoms with Crippen molar-refractivity contribution >= 4 is 5.95 Å². The summed E-state index contributed by atoms with van der Waals surface area (Å²) >= 11 is 0. The number of hydrogen-bond donors (Lipinski definition) is 0. The van der Waals surface area contributed by atoms with Crippen LogP contribution in [0, 0.1) is 6.92 Å². The minimum absolute atomic E-state index is 0.850. The molecule has 0 bridgehead atoms. The first-order valence-electron chi connectivity index (χ1n) is 7.06. The van der Waals surface area contributed by atoms with Crippen LogP contribution < -0.4 is 4.90 Å². The lowest BCUT2D eigenvalue weighted by Gasteiger charge is -2.32. The number of likely N-dealkylation sites (N-methyl/N-ethyl adjacent to an activating group) is 1. The van der Waals surface area contributed by atoms with Crippen LogP contribution in [0.1, 0.15) is 5.56 Å². The van der Waals surface area contributed by atoms with Crippen LogP contribution in [0.2, 0.25) is 0 Å². The fraction of sp³-hybridized carbons (Fsp3) is 0.375. The molecule has 1 aliphatic heterocycles. The lowest BCUT2D eigenvalue weighted by atomic mass is 10.1. The van der Waals surface area contributed by atoms with Gasteiger partial charge in [0.05, 0.1) is 5.69 Å². The Morgan fingerprint density at radius 2 is 1.70 bits per heavy atom. The molecule has 2 heterocycles. The predicted molar refractivity (Wildman–Crippen MR) is 81.9 cm³/mol. The van der Waals surface area contributed by atoms with Crippen molar-refractivity contribution in [2.24, 2.45) is 0 Å². The number of benzene rings is 1. The summed E-state index contributed by atoms with van der Waals surface area (Å²) in [6, 6.07) is 10.3. The lowest BCUT2D eigenvalue weighted by molar-refractivity contribution is 0.311. The Hall–Kier alpha value is -1.94. The molecule has 1 aliphatic rings. The number of aromatic nitrogens is 2. The smallest absolute Gasteiger partial charge is 0.225 e. The summed E-state index contributed by atoms with van der Waals surface area (Å²) in [6.45, 7) is 6.19. The van der Waals surface area contributed by atoms with Gasteiger partial charge in [-0.2, -0.15) is 0 Å². The van der Waals surface area contributed by atoms with Crippen LogP contribution in [0.25, 0.3) is 11.3 Å². The molecule has 104 valence electrons. The van der Waals surface area contributed by atoms with E-state index in [9.17, 15) is 0 Å². The second-order valence-corrected chi connectivity index (χ2v) is 5.36. The monoisotopic (exact) mass is 268 g/mol. The average Bonchev–Trinajstić information content (AvgIpc) is 2.50. The van der Waals surface area contributed by atoms with Gasteiger partial charge in [-0.3, -0.25) is 0 Å². The van der Waals surface area contributed by atoms with Gasteiger partial charge in [0.2, 0.25) is 5.95 Å². The zero-order chi connectivity index (χ0) is 13.9. The third-order valence-electron chi connectivity index (χ3n) is 3.79. The highest BCUT2D eigenvalue weighted by molar-refractivity contribution is 5.63. The Balaban J connectivity index is 1.91. The Bertz CT molecular complexity index is 574. The summed E-state index contributed by atoms with van der Waals surface area (Å²) in [5, 5.41) is 0. The summed E-state index contributed by atoms with van der Waals surface area (Å²) in [5.74, 6) is 0.850. The average molecular weight is 268 g/mol. The van der Waals surface area contributed by atoms with Crippen molar-refractivity contribution in [2.45, 2.75) is 6.92 Å². The minimum atomic E-state index is 0.850. The molecule has 1 aromatic carbocycles. The normalized spacial score (nSPS) is 16.4. The lowest BCUT2D eigenvalue weighted by Crippen LogP contribution is -2.45. The summed E-state index contributed by atoms with van der Waals surface area (Å²) < 4.78 is 0. The molecule has 0 atom stereocenters. The van der Waals surface area contributed by atoms with Crippen LogP contribution in [0.3, 0.4) is 0 Å². The molecule has 20 heavy (non-hydrogen) atoms. The van der Waals surface area contributed by atoms with Crippen LogP contribution in [0.5, 0.6) is 0 Å². The number of piperazine rings is 1. The van der Waals surface area contributed by atoms with Crippen LogP contribution >= 0.6 is 0 Å². The molecule has 2 aromatic rings. The summed E-state index contributed by atoms with van der Waals surface area (Å²) in [5.41, 5.74) is 3.31. The first-order chi connectivity index (χ1) is 9.74. The van der Waals surface area contributed by atoms with Gasteiger partial charge in [-0.15, -0.1) is 0 Å². The van der Waals surface area contributed by atoms with Gasteiger partial charge in [0.1, 0.15) is 0 Å². The first kappa shape index (κ1) is 13.1. The van der Waals surface area contributed by atoms with Crippen LogP contribution in [0.15, 0.2) is 36.5 Å². The van der Waals surface area contributed by atoms with E-state index in [2.05, 4.69) is 40.9 Å². The molecule has 0 unspecified atom stereocenters. The third kappa shape index (κ3) is 2.65. The Labute approximate surface area is 120 Å². The van der Waals surface area contributed by atoms with E-state index in [0.29, 0.717) is 0 Å². The molecule has 0 saturated carbocycles. The van der Waals surface area contributed by atoms with E-state index < -0.39 is 0 Å². The Kier molecular flexibility index (Phi) is 3.65. The van der Waals surface area contributed by atoms with E-state index in [4.69, 9.17) is 4.98 Å². The topological polar surface area (TPSA) is 32.3 Å². The largest absolute Gasteiger partial charge is 0.338 e. The second kappa shape index (κ2) is 5.59. The minimum Gasteiger partial charge on any atom is -0.338 e. The van der Waals surface area contributed by atoms with Gasteiger partial charge in [-0.05, 0) is 19.5 Å². The van der Waals surface area contributed by atoms with Gasteiger partial charge in [-0.1, -0.05) is 30.3 Å². The highest BCUT2D eigenvalue weighted by Crippen LogP contribution is 2.22. The number of rotatable bonds is 2. The molecular weight excluding hydrogens is 248 g/mol. The molecule has 0 aliphatic carbocycles. The number of aryl methyl sites for hydroxylation is 1. The fourth-order valence-electron chi connectivity index (χ4n) is 2.48. The molecule has 4 nitrogen and oxygen atoms in total. The highest BCUT2D eigenvalue weighted by atomic mass is 15.3. The van der Waals surface area contributed by atoms with Crippen molar-refractivity contribution in [3.63, 3.8) is 0 Å². The maximum absolute atomic E-state index is 4.79. The van der Waals surface area contributed by atoms with Crippen molar-refractivity contribution in [1.29, 1.82) is 0 Å². The van der Waals surface area contributed by atoms with Crippen molar-refractivity contribution in [3.8, 4) is 11.3 Å².